The van der Waals surface area contributed by atoms with Gasteiger partial charge in [0, 0.05) is 16.7 Å². The molecular weight excluding hydrogens is 687 g/mol. The number of nitrogens with zero attached hydrogens (tertiary/aromatic N) is 3. The van der Waals surface area contributed by atoms with Gasteiger partial charge in [-0.15, -0.1) is 0 Å². The van der Waals surface area contributed by atoms with Gasteiger partial charge in [0.15, 0.2) is 34.6 Å². The van der Waals surface area contributed by atoms with Crippen LogP contribution in [0.2, 0.25) is 0 Å². The van der Waals surface area contributed by atoms with Crippen LogP contribution in [0.5, 0.6) is 23.0 Å². The van der Waals surface area contributed by atoms with E-state index < -0.39 is 5.41 Å². The largest absolute Gasteiger partial charge is 0.449 e. The van der Waals surface area contributed by atoms with Crippen LogP contribution in [-0.4, -0.2) is 15.0 Å². The summed E-state index contributed by atoms with van der Waals surface area (Å²) < 4.78 is 13.8. The summed E-state index contributed by atoms with van der Waals surface area (Å²) in [5.74, 6) is 4.52. The molecule has 0 bridgehead atoms. The topological polar surface area (TPSA) is 57.1 Å². The molecule has 11 rings (SSSR count). The van der Waals surface area contributed by atoms with Gasteiger partial charge in [0.1, 0.15) is 5.82 Å². The van der Waals surface area contributed by atoms with Crippen molar-refractivity contribution in [2.24, 2.45) is 0 Å². The van der Waals surface area contributed by atoms with Crippen molar-refractivity contribution < 1.29 is 9.47 Å². The molecule has 0 saturated heterocycles. The molecular formula is C51H33N3O2. The Labute approximate surface area is 324 Å². The zero-order valence-corrected chi connectivity index (χ0v) is 30.5. The maximum atomic E-state index is 6.95. The van der Waals surface area contributed by atoms with Crippen molar-refractivity contribution in [3.63, 3.8) is 0 Å². The summed E-state index contributed by atoms with van der Waals surface area (Å²) in [7, 11) is 0. The van der Waals surface area contributed by atoms with Crippen LogP contribution in [0, 0.1) is 6.92 Å². The lowest BCUT2D eigenvalue weighted by Gasteiger charge is -2.34. The maximum Gasteiger partial charge on any atom is 0.177 e. The molecule has 264 valence electrons. The van der Waals surface area contributed by atoms with Crippen LogP contribution in [-0.2, 0) is 5.41 Å². The summed E-state index contributed by atoms with van der Waals surface area (Å²) >= 11 is 0. The van der Waals surface area contributed by atoms with Crippen LogP contribution in [0.3, 0.4) is 0 Å². The number of ether oxygens (including phenoxy) is 2. The van der Waals surface area contributed by atoms with Gasteiger partial charge in [0.05, 0.1) is 5.41 Å². The van der Waals surface area contributed by atoms with Gasteiger partial charge in [-0.05, 0) is 80.9 Å². The van der Waals surface area contributed by atoms with E-state index in [-0.39, 0.29) is 0 Å². The molecule has 56 heavy (non-hydrogen) atoms. The van der Waals surface area contributed by atoms with E-state index in [9.17, 15) is 0 Å². The molecule has 0 spiro atoms. The van der Waals surface area contributed by atoms with E-state index in [0.717, 1.165) is 38.8 Å². The highest BCUT2D eigenvalue weighted by atomic mass is 16.6. The number of benzene rings is 8. The first-order valence-electron chi connectivity index (χ1n) is 18.8. The summed E-state index contributed by atoms with van der Waals surface area (Å²) in [6.07, 6.45) is 0. The molecule has 0 radical (unpaired) electrons. The van der Waals surface area contributed by atoms with Crippen molar-refractivity contribution in [2.45, 2.75) is 12.3 Å². The quantitative estimate of drug-likeness (QED) is 0.177. The van der Waals surface area contributed by atoms with E-state index in [4.69, 9.17) is 24.4 Å². The van der Waals surface area contributed by atoms with Gasteiger partial charge in [0.25, 0.3) is 0 Å². The van der Waals surface area contributed by atoms with E-state index in [0.29, 0.717) is 40.5 Å². The molecule has 0 fully saturated rings. The average molecular weight is 720 g/mol. The van der Waals surface area contributed by atoms with Crippen LogP contribution >= 0.6 is 0 Å². The van der Waals surface area contributed by atoms with E-state index in [1.807, 2.05) is 43.3 Å². The molecule has 5 nitrogen and oxygen atoms in total. The van der Waals surface area contributed by atoms with Crippen LogP contribution in [0.25, 0.3) is 55.8 Å². The van der Waals surface area contributed by atoms with Crippen LogP contribution < -0.4 is 9.47 Å². The third-order valence-corrected chi connectivity index (χ3v) is 11.1. The Kier molecular flexibility index (Phi) is 7.23. The highest BCUT2D eigenvalue weighted by Crippen LogP contribution is 2.60. The number of fused-ring (bicyclic) bond motifs is 6. The smallest absolute Gasteiger partial charge is 0.177 e. The molecule has 9 aromatic rings. The fourth-order valence-electron chi connectivity index (χ4n) is 8.72. The zero-order valence-electron chi connectivity index (χ0n) is 30.5. The average Bonchev–Trinajstić information content (AvgIpc) is 3.54. The highest BCUT2D eigenvalue weighted by Gasteiger charge is 2.47. The second-order valence-corrected chi connectivity index (χ2v) is 14.3. The monoisotopic (exact) mass is 719 g/mol. The predicted molar refractivity (Wildman–Crippen MR) is 222 cm³/mol. The minimum Gasteiger partial charge on any atom is -0.449 e. The first kappa shape index (κ1) is 32.1. The minimum atomic E-state index is -0.539. The standard InChI is InChI=1S/C51H33N3O2/c1-32-52-49(35-28-27-33-15-8-9-16-34(33)29-35)54-50(53-32)41-23-11-10-21-38(41)40-24-14-26-45-48(40)56-46-30-42-39-22-12-13-25-43(39)51(36-17-4-2-5-18-36,37-19-6-3-7-20-37)44(42)31-47(46)55-45/h2-31H,1H3. The summed E-state index contributed by atoms with van der Waals surface area (Å²) in [5, 5.41) is 2.31. The van der Waals surface area contributed by atoms with Gasteiger partial charge >= 0.3 is 0 Å². The fraction of sp³-hybridized carbons (Fsp3) is 0.0392. The molecule has 2 aliphatic rings. The van der Waals surface area contributed by atoms with Gasteiger partial charge in [0.2, 0.25) is 0 Å². The highest BCUT2D eigenvalue weighted by molar-refractivity contribution is 5.91. The fourth-order valence-corrected chi connectivity index (χ4v) is 8.72. The molecule has 1 aliphatic heterocycles. The summed E-state index contributed by atoms with van der Waals surface area (Å²) in [6, 6.07) is 63.5. The molecule has 5 heteroatoms. The first-order valence-corrected chi connectivity index (χ1v) is 18.8. The molecule has 0 saturated carbocycles. The number of hydrogen-bond acceptors (Lipinski definition) is 5. The molecule has 0 amide bonds. The number of para-hydroxylation sites is 1. The van der Waals surface area contributed by atoms with Gasteiger partial charge < -0.3 is 9.47 Å². The lowest BCUT2D eigenvalue weighted by molar-refractivity contribution is 0.360. The molecule has 1 aliphatic carbocycles. The Morgan fingerprint density at radius 3 is 1.80 bits per heavy atom. The zero-order chi connectivity index (χ0) is 37.2. The van der Waals surface area contributed by atoms with Crippen molar-refractivity contribution in [1.29, 1.82) is 0 Å². The van der Waals surface area contributed by atoms with Gasteiger partial charge in [-0.25, -0.2) is 15.0 Å². The second kappa shape index (κ2) is 12.6. The van der Waals surface area contributed by atoms with Gasteiger partial charge in [-0.2, -0.15) is 0 Å². The normalized spacial score (nSPS) is 13.2. The van der Waals surface area contributed by atoms with Crippen LogP contribution in [0.1, 0.15) is 28.1 Å². The van der Waals surface area contributed by atoms with Crippen molar-refractivity contribution in [2.75, 3.05) is 0 Å². The van der Waals surface area contributed by atoms with Gasteiger partial charge in [-0.1, -0.05) is 158 Å². The van der Waals surface area contributed by atoms with Crippen molar-refractivity contribution in [3.05, 3.63) is 210 Å². The number of aromatic nitrogens is 3. The number of hydrogen-bond donors (Lipinski definition) is 0. The van der Waals surface area contributed by atoms with Crippen LogP contribution in [0.15, 0.2) is 182 Å². The molecule has 1 aromatic heterocycles. The molecule has 0 N–H and O–H groups in total. The van der Waals surface area contributed by atoms with E-state index >= 15 is 0 Å². The molecule has 0 atom stereocenters. The Morgan fingerprint density at radius 2 is 1.02 bits per heavy atom. The summed E-state index contributed by atoms with van der Waals surface area (Å²) in [5.41, 5.74) is 10.2. The maximum absolute atomic E-state index is 6.95. The van der Waals surface area contributed by atoms with E-state index in [2.05, 4.69) is 146 Å². The van der Waals surface area contributed by atoms with Crippen LogP contribution in [0.4, 0.5) is 0 Å². The first-order chi connectivity index (χ1) is 27.6. The van der Waals surface area contributed by atoms with E-state index in [1.54, 1.807) is 0 Å². The second-order valence-electron chi connectivity index (χ2n) is 14.3. The Bertz CT molecular complexity index is 2960. The molecule has 2 heterocycles. The predicted octanol–water partition coefficient (Wildman–Crippen LogP) is 12.6. The lowest BCUT2D eigenvalue weighted by atomic mass is 9.67. The third kappa shape index (κ3) is 4.91. The Hall–Kier alpha value is -7.37. The molecule has 8 aromatic carbocycles. The summed E-state index contributed by atoms with van der Waals surface area (Å²) in [4.78, 5) is 14.7. The Morgan fingerprint density at radius 1 is 0.393 bits per heavy atom. The van der Waals surface area contributed by atoms with Crippen molar-refractivity contribution in [1.82, 2.24) is 15.0 Å². The van der Waals surface area contributed by atoms with Crippen molar-refractivity contribution >= 4 is 10.8 Å². The lowest BCUT2D eigenvalue weighted by Crippen LogP contribution is -2.28. The SMILES string of the molecule is Cc1nc(-c2ccc3ccccc3c2)nc(-c2ccccc2-c2cccc3c2Oc2cc4c(cc2O3)C(c2ccccc2)(c2ccccc2)c2ccccc2-4)n1. The van der Waals surface area contributed by atoms with Gasteiger partial charge in [-0.3, -0.25) is 0 Å². The van der Waals surface area contributed by atoms with Crippen molar-refractivity contribution in [3.8, 4) is 68.0 Å². The minimum absolute atomic E-state index is 0.539. The third-order valence-electron chi connectivity index (χ3n) is 11.1. The number of rotatable bonds is 5. The summed E-state index contributed by atoms with van der Waals surface area (Å²) in [6.45, 7) is 1.91. The van der Waals surface area contributed by atoms with E-state index in [1.165, 1.54) is 27.6 Å². The Balaban J connectivity index is 1.04. The molecule has 0 unspecified atom stereocenters. The number of aryl methyl sites for hydroxylation is 1.